The van der Waals surface area contributed by atoms with Crippen molar-refractivity contribution in [2.45, 2.75) is 6.92 Å². The number of hydrogen-bond acceptors (Lipinski definition) is 10. The van der Waals surface area contributed by atoms with Gasteiger partial charge in [0, 0.05) is 6.07 Å². The third kappa shape index (κ3) is 3.64. The second-order valence-corrected chi connectivity index (χ2v) is 4.23. The fraction of sp³-hybridized carbons (Fsp3) is 0.100. The zero-order valence-electron chi connectivity index (χ0n) is 12.0. The van der Waals surface area contributed by atoms with Gasteiger partial charge in [-0.15, -0.1) is 22.6 Å². The van der Waals surface area contributed by atoms with Crippen LogP contribution in [0, 0.1) is 27.2 Å². The second-order valence-electron chi connectivity index (χ2n) is 4.23. The number of non-ortho nitro benzene ring substituents is 1. The van der Waals surface area contributed by atoms with Crippen molar-refractivity contribution in [2.75, 3.05) is 11.3 Å². The minimum atomic E-state index is -0.938. The van der Waals surface area contributed by atoms with Gasteiger partial charge in [-0.05, 0) is 6.92 Å². The lowest BCUT2D eigenvalue weighted by molar-refractivity contribution is -0.394. The quantitative estimate of drug-likeness (QED) is 0.299. The van der Waals surface area contributed by atoms with Crippen molar-refractivity contribution in [3.63, 3.8) is 0 Å². The zero-order chi connectivity index (χ0) is 17.1. The van der Waals surface area contributed by atoms with Crippen molar-refractivity contribution in [1.29, 1.82) is 0 Å². The summed E-state index contributed by atoms with van der Waals surface area (Å²) < 4.78 is 1.09. The van der Waals surface area contributed by atoms with E-state index in [0.717, 1.165) is 17.0 Å². The molecule has 1 aromatic heterocycles. The number of nitrogens with two attached hydrogens (primary N) is 1. The number of halogens is 1. The number of anilines is 1. The summed E-state index contributed by atoms with van der Waals surface area (Å²) in [4.78, 5) is 19.8. The molecule has 0 saturated heterocycles. The van der Waals surface area contributed by atoms with Crippen LogP contribution in [-0.2, 0) is 0 Å². The highest BCUT2D eigenvalue weighted by Crippen LogP contribution is 2.33. The maximum atomic E-state index is 10.8. The van der Waals surface area contributed by atoms with Crippen molar-refractivity contribution in [3.05, 3.63) is 43.7 Å². The van der Waals surface area contributed by atoms with Crippen molar-refractivity contribution in [3.8, 4) is 5.75 Å². The van der Waals surface area contributed by atoms with Crippen molar-refractivity contribution >= 4 is 35.9 Å². The molecule has 0 saturated carbocycles. The van der Waals surface area contributed by atoms with Gasteiger partial charge in [0.25, 0.3) is 11.6 Å². The van der Waals surface area contributed by atoms with Gasteiger partial charge >= 0.3 is 5.69 Å². The Morgan fingerprint density at radius 1 is 1.33 bits per heavy atom. The summed E-state index contributed by atoms with van der Waals surface area (Å²) in [5.41, 5.74) is 0.798. The number of benzene rings is 1. The van der Waals surface area contributed by atoms with Gasteiger partial charge in [-0.2, -0.15) is 5.10 Å². The SMILES string of the molecule is Cc1nnc(N/N=C/c2cc([N+](=O)[O-])cc([N+](=O)[O-])c2O)n1N.Cl. The average molecular weight is 359 g/mol. The molecule has 0 bridgehead atoms. The highest BCUT2D eigenvalue weighted by molar-refractivity contribution is 5.87. The molecule has 24 heavy (non-hydrogen) atoms. The van der Waals surface area contributed by atoms with E-state index in [1.54, 1.807) is 6.92 Å². The summed E-state index contributed by atoms with van der Waals surface area (Å²) in [6, 6.07) is 1.59. The van der Waals surface area contributed by atoms with Crippen LogP contribution in [0.3, 0.4) is 0 Å². The summed E-state index contributed by atoms with van der Waals surface area (Å²) in [5, 5.41) is 42.3. The second kappa shape index (κ2) is 7.19. The minimum Gasteiger partial charge on any atom is -0.502 e. The Kier molecular flexibility index (Phi) is 5.56. The van der Waals surface area contributed by atoms with Crippen LogP contribution in [0.25, 0.3) is 0 Å². The topological polar surface area (TPSA) is 188 Å². The van der Waals surface area contributed by atoms with Crippen LogP contribution in [-0.4, -0.2) is 36.0 Å². The van der Waals surface area contributed by atoms with Crippen LogP contribution in [0.15, 0.2) is 17.2 Å². The first-order valence-electron chi connectivity index (χ1n) is 5.93. The van der Waals surface area contributed by atoms with E-state index in [1.165, 1.54) is 0 Å². The van der Waals surface area contributed by atoms with Crippen molar-refractivity contribution in [1.82, 2.24) is 14.9 Å². The molecular formula is C10H11ClN8O5. The average Bonchev–Trinajstić information content (AvgIpc) is 2.80. The Labute approximate surface area is 139 Å². The summed E-state index contributed by atoms with van der Waals surface area (Å²) >= 11 is 0. The van der Waals surface area contributed by atoms with Gasteiger partial charge < -0.3 is 10.9 Å². The summed E-state index contributed by atoms with van der Waals surface area (Å²) in [7, 11) is 0. The summed E-state index contributed by atoms with van der Waals surface area (Å²) in [6.45, 7) is 1.59. The minimum absolute atomic E-state index is 0. The number of nitro groups is 2. The summed E-state index contributed by atoms with van der Waals surface area (Å²) in [5.74, 6) is 5.28. The van der Waals surface area contributed by atoms with E-state index in [0.29, 0.717) is 11.9 Å². The van der Waals surface area contributed by atoms with Gasteiger partial charge in [0.1, 0.15) is 0 Å². The van der Waals surface area contributed by atoms with Crippen LogP contribution < -0.4 is 11.3 Å². The van der Waals surface area contributed by atoms with Gasteiger partial charge in [0.15, 0.2) is 5.82 Å². The Morgan fingerprint density at radius 3 is 2.50 bits per heavy atom. The van der Waals surface area contributed by atoms with Crippen LogP contribution in [0.5, 0.6) is 5.75 Å². The first-order valence-corrected chi connectivity index (χ1v) is 5.93. The Hall–Kier alpha value is -3.48. The fourth-order valence-electron chi connectivity index (χ4n) is 1.57. The Balaban J connectivity index is 0.00000288. The number of aromatic nitrogens is 3. The maximum absolute atomic E-state index is 10.8. The number of hydrazone groups is 1. The number of nitro benzene ring substituents is 2. The number of nitrogens with zero attached hydrogens (tertiary/aromatic N) is 6. The van der Waals surface area contributed by atoms with Crippen molar-refractivity contribution < 1.29 is 15.0 Å². The number of aryl methyl sites for hydroxylation is 1. The van der Waals surface area contributed by atoms with E-state index in [-0.39, 0.29) is 23.9 Å². The van der Waals surface area contributed by atoms with E-state index in [2.05, 4.69) is 20.7 Å². The van der Waals surface area contributed by atoms with E-state index in [9.17, 15) is 25.3 Å². The molecule has 128 valence electrons. The van der Waals surface area contributed by atoms with Gasteiger partial charge in [0.2, 0.25) is 5.75 Å². The van der Waals surface area contributed by atoms with E-state index in [4.69, 9.17) is 5.84 Å². The third-order valence-electron chi connectivity index (χ3n) is 2.75. The van der Waals surface area contributed by atoms with Gasteiger partial charge in [0.05, 0.1) is 27.7 Å². The standard InChI is InChI=1S/C10H10N8O5.ClH/c1-5-13-15-10(16(5)11)14-12-4-6-2-7(17(20)21)3-8(9(6)19)18(22)23;/h2-4,19H,11H2,1H3,(H,14,15);1H/b12-4+;. The van der Waals surface area contributed by atoms with Crippen molar-refractivity contribution in [2.24, 2.45) is 5.10 Å². The molecule has 13 nitrogen and oxygen atoms in total. The molecule has 2 aromatic rings. The molecule has 0 aliphatic heterocycles. The molecule has 14 heteroatoms. The molecule has 0 radical (unpaired) electrons. The Bertz CT molecular complexity index is 820. The largest absolute Gasteiger partial charge is 0.502 e. The fourth-order valence-corrected chi connectivity index (χ4v) is 1.57. The zero-order valence-corrected chi connectivity index (χ0v) is 12.8. The molecule has 4 N–H and O–H groups in total. The molecule has 2 rings (SSSR count). The van der Waals surface area contributed by atoms with Gasteiger partial charge in [-0.3, -0.25) is 20.2 Å². The normalized spacial score (nSPS) is 10.4. The first kappa shape index (κ1) is 18.6. The molecule has 0 aliphatic rings. The number of phenols is 1. The molecule has 1 aromatic carbocycles. The number of phenolic OH excluding ortho intramolecular Hbond substituents is 1. The van der Waals surface area contributed by atoms with Crippen LogP contribution in [0.2, 0.25) is 0 Å². The highest BCUT2D eigenvalue weighted by atomic mass is 35.5. The molecule has 0 amide bonds. The van der Waals surface area contributed by atoms with Crippen LogP contribution in [0.1, 0.15) is 11.4 Å². The van der Waals surface area contributed by atoms with E-state index >= 15 is 0 Å². The molecular weight excluding hydrogens is 348 g/mol. The lowest BCUT2D eigenvalue weighted by atomic mass is 10.1. The number of nitrogen functional groups attached to an aromatic ring is 1. The number of nitrogens with one attached hydrogen (secondary N) is 1. The van der Waals surface area contributed by atoms with Crippen LogP contribution >= 0.6 is 12.4 Å². The van der Waals surface area contributed by atoms with E-state index < -0.39 is 27.0 Å². The monoisotopic (exact) mass is 358 g/mol. The Morgan fingerprint density at radius 2 is 2.00 bits per heavy atom. The third-order valence-corrected chi connectivity index (χ3v) is 2.75. The first-order chi connectivity index (χ1) is 10.8. The summed E-state index contributed by atoms with van der Waals surface area (Å²) in [6.07, 6.45) is 0.958. The molecule has 0 atom stereocenters. The molecule has 0 spiro atoms. The molecule has 0 fully saturated rings. The lowest BCUT2D eigenvalue weighted by Gasteiger charge is -2.02. The maximum Gasteiger partial charge on any atom is 0.318 e. The number of hydrogen-bond donors (Lipinski definition) is 3. The highest BCUT2D eigenvalue weighted by Gasteiger charge is 2.23. The number of aromatic hydroxyl groups is 1. The molecule has 0 aliphatic carbocycles. The van der Waals surface area contributed by atoms with Gasteiger partial charge in [-0.1, -0.05) is 0 Å². The van der Waals surface area contributed by atoms with Gasteiger partial charge in [-0.25, -0.2) is 10.1 Å². The van der Waals surface area contributed by atoms with Crippen LogP contribution in [0.4, 0.5) is 17.3 Å². The lowest BCUT2D eigenvalue weighted by Crippen LogP contribution is -2.13. The predicted molar refractivity (Wildman–Crippen MR) is 84.8 cm³/mol. The number of rotatable bonds is 5. The van der Waals surface area contributed by atoms with E-state index in [1.807, 2.05) is 0 Å². The smallest absolute Gasteiger partial charge is 0.318 e. The predicted octanol–water partition coefficient (Wildman–Crippen LogP) is 0.690. The molecule has 0 unspecified atom stereocenters. The molecule has 1 heterocycles.